The summed E-state index contributed by atoms with van der Waals surface area (Å²) in [6, 6.07) is 3.06. The molecule has 8 nitrogen and oxygen atoms in total. The van der Waals surface area contributed by atoms with E-state index in [4.69, 9.17) is 19.7 Å². The number of rotatable bonds is 4. The van der Waals surface area contributed by atoms with Crippen molar-refractivity contribution in [3.8, 4) is 11.6 Å². The van der Waals surface area contributed by atoms with Crippen LogP contribution in [0.15, 0.2) is 12.1 Å². The predicted molar refractivity (Wildman–Crippen MR) is 66.1 cm³/mol. The second-order valence-corrected chi connectivity index (χ2v) is 3.28. The van der Waals surface area contributed by atoms with Crippen molar-refractivity contribution in [2.24, 2.45) is 0 Å². The lowest BCUT2D eigenvalue weighted by molar-refractivity contribution is 0.170. The maximum Gasteiger partial charge on any atom is 0.434 e. The van der Waals surface area contributed by atoms with E-state index in [1.54, 1.807) is 0 Å². The number of hydrogen-bond donors (Lipinski definition) is 3. The fraction of sp³-hybridized carbons (Fsp3) is 0.222. The number of aliphatic hydroxyl groups excluding tert-OH is 1. The summed E-state index contributed by atoms with van der Waals surface area (Å²) in [6.45, 7) is 0. The molecule has 0 atom stereocenters. The molecular weight excluding hydrogens is 262 g/mol. The maximum absolute atomic E-state index is 10.8. The normalized spacial score (nSPS) is 9.44. The first-order chi connectivity index (χ1) is 8.49. The van der Waals surface area contributed by atoms with E-state index in [1.807, 2.05) is 0 Å². The molecule has 1 amide bonds. The predicted octanol–water partition coefficient (Wildman–Crippen LogP) is 1.25. The van der Waals surface area contributed by atoms with Gasteiger partial charge in [0.15, 0.2) is 11.6 Å². The average Bonchev–Trinajstić information content (AvgIpc) is 2.34. The van der Waals surface area contributed by atoms with Gasteiger partial charge in [0.1, 0.15) is 0 Å². The van der Waals surface area contributed by atoms with E-state index in [9.17, 15) is 4.79 Å². The molecule has 1 aromatic heterocycles. The molecule has 0 fully saturated rings. The fourth-order valence-corrected chi connectivity index (χ4v) is 1.19. The molecule has 0 aliphatic carbocycles. The van der Waals surface area contributed by atoms with Gasteiger partial charge in [-0.3, -0.25) is 5.43 Å². The lowest BCUT2D eigenvalue weighted by Crippen LogP contribution is -2.39. The molecule has 1 heterocycles. The minimum atomic E-state index is -1.49. The number of anilines is 1. The molecule has 0 radical (unpaired) electrons. The van der Waals surface area contributed by atoms with Gasteiger partial charge in [-0.15, -0.1) is 5.01 Å². The first kappa shape index (κ1) is 13.8. The van der Waals surface area contributed by atoms with Crippen molar-refractivity contribution in [2.75, 3.05) is 19.6 Å². The summed E-state index contributed by atoms with van der Waals surface area (Å²) >= 11 is 4.37. The molecule has 98 valence electrons. The number of hydrazine groups is 1. The molecule has 0 bridgehead atoms. The largest absolute Gasteiger partial charge is 0.493 e. The molecule has 0 aromatic carbocycles. The van der Waals surface area contributed by atoms with Gasteiger partial charge < -0.3 is 19.7 Å². The number of amides is 1. The number of nitrogens with zero attached hydrogens (tertiary/aromatic N) is 2. The molecule has 0 saturated carbocycles. The molecule has 1 rings (SSSR count). The van der Waals surface area contributed by atoms with E-state index < -0.39 is 11.3 Å². The van der Waals surface area contributed by atoms with Gasteiger partial charge in [-0.05, 0) is 18.3 Å². The Morgan fingerprint density at radius 1 is 1.39 bits per heavy atom. The van der Waals surface area contributed by atoms with Crippen molar-refractivity contribution in [3.05, 3.63) is 12.1 Å². The van der Waals surface area contributed by atoms with Crippen molar-refractivity contribution < 1.29 is 24.5 Å². The highest BCUT2D eigenvalue weighted by Crippen LogP contribution is 2.25. The highest BCUT2D eigenvalue weighted by atomic mass is 32.1. The fourth-order valence-electron chi connectivity index (χ4n) is 1.07. The monoisotopic (exact) mass is 273 g/mol. The number of thiocarbonyl (C=S) groups is 1. The van der Waals surface area contributed by atoms with E-state index in [-0.39, 0.29) is 17.4 Å². The van der Waals surface area contributed by atoms with Gasteiger partial charge >= 0.3 is 6.09 Å². The summed E-state index contributed by atoms with van der Waals surface area (Å²) in [7, 11) is 2.79. The van der Waals surface area contributed by atoms with E-state index >= 15 is 0 Å². The second-order valence-electron chi connectivity index (χ2n) is 2.92. The number of ether oxygens (including phenoxy) is 2. The summed E-state index contributed by atoms with van der Waals surface area (Å²) in [6.07, 6.45) is -1.49. The Morgan fingerprint density at radius 3 is 2.50 bits per heavy atom. The Morgan fingerprint density at radius 2 is 2.06 bits per heavy atom. The highest BCUT2D eigenvalue weighted by Gasteiger charge is 2.19. The second kappa shape index (κ2) is 5.87. The van der Waals surface area contributed by atoms with Crippen LogP contribution < -0.4 is 14.9 Å². The first-order valence-corrected chi connectivity index (χ1v) is 5.02. The molecule has 0 unspecified atom stereocenters. The number of carboxylic acid groups (broad SMARTS) is 1. The molecule has 9 heteroatoms. The van der Waals surface area contributed by atoms with Crippen LogP contribution in [0.1, 0.15) is 0 Å². The third-order valence-electron chi connectivity index (χ3n) is 1.86. The Labute approximate surface area is 108 Å². The topological polar surface area (TPSA) is 104 Å². The summed E-state index contributed by atoms with van der Waals surface area (Å²) in [5.41, 5.74) is 2.30. The molecule has 0 aliphatic heterocycles. The minimum Gasteiger partial charge on any atom is -0.493 e. The summed E-state index contributed by atoms with van der Waals surface area (Å²) in [5, 5.41) is 17.3. The van der Waals surface area contributed by atoms with E-state index in [0.717, 1.165) is 0 Å². The number of aromatic nitrogens is 1. The molecule has 3 N–H and O–H groups in total. The van der Waals surface area contributed by atoms with Crippen molar-refractivity contribution in [1.82, 2.24) is 9.99 Å². The number of methoxy groups -OCH3 is 2. The van der Waals surface area contributed by atoms with Gasteiger partial charge in [-0.1, -0.05) is 0 Å². The van der Waals surface area contributed by atoms with Crippen molar-refractivity contribution in [3.63, 3.8) is 0 Å². The van der Waals surface area contributed by atoms with Crippen LogP contribution in [0.4, 0.5) is 10.6 Å². The van der Waals surface area contributed by atoms with Crippen molar-refractivity contribution in [2.45, 2.75) is 0 Å². The minimum absolute atomic E-state index is 0.0376. The zero-order valence-corrected chi connectivity index (χ0v) is 10.4. The van der Waals surface area contributed by atoms with E-state index in [0.29, 0.717) is 5.01 Å². The van der Waals surface area contributed by atoms with Crippen molar-refractivity contribution >= 4 is 29.3 Å². The first-order valence-electron chi connectivity index (χ1n) is 4.61. The summed E-state index contributed by atoms with van der Waals surface area (Å²) < 4.78 is 9.87. The van der Waals surface area contributed by atoms with Crippen LogP contribution in [0, 0.1) is 0 Å². The van der Waals surface area contributed by atoms with Crippen LogP contribution in [0.25, 0.3) is 0 Å². The van der Waals surface area contributed by atoms with Gasteiger partial charge in [-0.2, -0.15) is 4.98 Å². The number of carbonyl (C=O) groups is 1. The third kappa shape index (κ3) is 3.10. The maximum atomic E-state index is 10.8. The number of hydrogen-bond acceptors (Lipinski definition) is 6. The molecule has 0 saturated heterocycles. The van der Waals surface area contributed by atoms with Gasteiger partial charge in [0.2, 0.25) is 5.88 Å². The standard InChI is InChI=1S/C9H11N3O5S/c1-16-5-3-4-6(17-2)10-7(5)11-12(8(13)14)9(15)18/h3-4H,1-2H3,(H,10,11)(H,13,14)(H,15,18). The number of nitrogens with one attached hydrogen (secondary N) is 1. The van der Waals surface area contributed by atoms with Gasteiger partial charge in [0, 0.05) is 6.07 Å². The highest BCUT2D eigenvalue weighted by molar-refractivity contribution is 7.79. The van der Waals surface area contributed by atoms with Crippen LogP contribution in [0.5, 0.6) is 11.6 Å². The van der Waals surface area contributed by atoms with E-state index in [1.165, 1.54) is 26.4 Å². The number of pyridine rings is 1. The van der Waals surface area contributed by atoms with Crippen LogP contribution in [-0.4, -0.2) is 45.7 Å². The lowest BCUT2D eigenvalue weighted by Gasteiger charge is -2.18. The molecule has 0 spiro atoms. The third-order valence-corrected chi connectivity index (χ3v) is 2.04. The Balaban J connectivity index is 3.06. The SMILES string of the molecule is COc1ccc(OC)c(NN(C(=O)O)C(O)=S)n1. The Bertz CT molecular complexity index is 454. The Hall–Kier alpha value is -2.29. The van der Waals surface area contributed by atoms with Crippen LogP contribution >= 0.6 is 12.2 Å². The molecule has 1 aromatic rings. The lowest BCUT2D eigenvalue weighted by atomic mass is 10.4. The molecule has 0 aliphatic rings. The zero-order valence-electron chi connectivity index (χ0n) is 9.58. The quantitative estimate of drug-likeness (QED) is 0.556. The summed E-state index contributed by atoms with van der Waals surface area (Å²) in [4.78, 5) is 14.7. The van der Waals surface area contributed by atoms with Crippen LogP contribution in [-0.2, 0) is 0 Å². The summed E-state index contributed by atoms with van der Waals surface area (Å²) in [5.74, 6) is 0.543. The van der Waals surface area contributed by atoms with Gasteiger partial charge in [0.25, 0.3) is 5.17 Å². The van der Waals surface area contributed by atoms with Crippen molar-refractivity contribution in [1.29, 1.82) is 0 Å². The Kier molecular flexibility index (Phi) is 4.49. The van der Waals surface area contributed by atoms with Crippen LogP contribution in [0.2, 0.25) is 0 Å². The van der Waals surface area contributed by atoms with E-state index in [2.05, 4.69) is 22.6 Å². The smallest absolute Gasteiger partial charge is 0.434 e. The van der Waals surface area contributed by atoms with Crippen LogP contribution in [0.3, 0.4) is 0 Å². The van der Waals surface area contributed by atoms with Gasteiger partial charge in [-0.25, -0.2) is 4.79 Å². The van der Waals surface area contributed by atoms with Gasteiger partial charge in [0.05, 0.1) is 14.2 Å². The molecule has 18 heavy (non-hydrogen) atoms. The average molecular weight is 273 g/mol. The zero-order chi connectivity index (χ0) is 13.7. The number of aliphatic hydroxyl groups is 1. The molecular formula is C9H11N3O5S.